The average molecular weight is 567 g/mol. The Kier molecular flexibility index (Phi) is 17.7. The van der Waals surface area contributed by atoms with E-state index in [4.69, 9.17) is 0 Å². The van der Waals surface area contributed by atoms with Gasteiger partial charge in [-0.05, 0) is 32.1 Å². The van der Waals surface area contributed by atoms with Crippen LogP contribution < -0.4 is 0 Å². The zero-order valence-corrected chi connectivity index (χ0v) is 26.9. The van der Waals surface area contributed by atoms with E-state index in [2.05, 4.69) is 110 Å². The first-order valence-electron chi connectivity index (χ1n) is 17.4. The molecule has 0 aromatic heterocycles. The van der Waals surface area contributed by atoms with Crippen molar-refractivity contribution in [2.45, 2.75) is 129 Å². The summed E-state index contributed by atoms with van der Waals surface area (Å²) in [5.74, 6) is 0. The highest BCUT2D eigenvalue weighted by atomic mass is 15.3. The summed E-state index contributed by atoms with van der Waals surface area (Å²) >= 11 is 0. The number of rotatable bonds is 24. The molecule has 0 amide bonds. The number of hydrogen-bond acceptors (Lipinski definition) is 0. The Balaban J connectivity index is 1.37. The molecule has 3 aromatic rings. The first-order valence-corrected chi connectivity index (χ1v) is 17.4. The quantitative estimate of drug-likeness (QED) is 0.0574. The zero-order valence-electron chi connectivity index (χ0n) is 26.9. The Morgan fingerprint density at radius 2 is 0.738 bits per heavy atom. The molecule has 228 valence electrons. The van der Waals surface area contributed by atoms with Crippen LogP contribution >= 0.6 is 0 Å². The van der Waals surface area contributed by atoms with Crippen LogP contribution in [0.2, 0.25) is 0 Å². The topological polar surface area (TPSA) is 0 Å². The monoisotopic (exact) mass is 566 g/mol. The summed E-state index contributed by atoms with van der Waals surface area (Å²) < 4.78 is 1.09. The molecule has 0 atom stereocenters. The summed E-state index contributed by atoms with van der Waals surface area (Å²) in [7, 11) is 0. The summed E-state index contributed by atoms with van der Waals surface area (Å²) in [4.78, 5) is 0. The largest absolute Gasteiger partial charge is 0.312 e. The molecule has 0 aliphatic carbocycles. The standard InChI is InChI=1S/C41H60N/c1-2-3-4-5-6-7-8-9-10-11-12-13-14-15-16-17-18-28-35-42(36-39-29-22-19-23-30-39,37-40-31-24-20-25-32-40)38-41-33-26-21-27-34-41/h3-4,19-27,29-34H,2,5-18,28,35-38H2,1H3/q+1/b4-3+. The molecular weight excluding hydrogens is 506 g/mol. The molecule has 0 radical (unpaired) electrons. The fourth-order valence-electron chi connectivity index (χ4n) is 6.43. The average Bonchev–Trinajstić information content (AvgIpc) is 3.02. The Morgan fingerprint density at radius 3 is 1.10 bits per heavy atom. The Bertz CT molecular complexity index is 939. The number of quaternary nitrogens is 1. The van der Waals surface area contributed by atoms with Crippen LogP contribution in [0.25, 0.3) is 0 Å². The van der Waals surface area contributed by atoms with Gasteiger partial charge in [0.2, 0.25) is 0 Å². The fraction of sp³-hybridized carbons (Fsp3) is 0.512. The van der Waals surface area contributed by atoms with Crippen molar-refractivity contribution < 1.29 is 4.48 Å². The van der Waals surface area contributed by atoms with Crippen LogP contribution in [0.4, 0.5) is 0 Å². The maximum absolute atomic E-state index is 2.36. The van der Waals surface area contributed by atoms with Gasteiger partial charge in [0.25, 0.3) is 0 Å². The number of allylic oxidation sites excluding steroid dienone is 2. The second-order valence-corrected chi connectivity index (χ2v) is 12.6. The Hall–Kier alpha value is -2.64. The summed E-state index contributed by atoms with van der Waals surface area (Å²) in [6.07, 6.45) is 26.9. The highest BCUT2D eigenvalue weighted by Crippen LogP contribution is 2.26. The molecule has 3 aromatic carbocycles. The molecule has 0 unspecified atom stereocenters. The second kappa shape index (κ2) is 22.0. The molecule has 0 heterocycles. The van der Waals surface area contributed by atoms with E-state index >= 15 is 0 Å². The predicted octanol–water partition coefficient (Wildman–Crippen LogP) is 12.2. The van der Waals surface area contributed by atoms with Crippen molar-refractivity contribution in [3.05, 3.63) is 120 Å². The van der Waals surface area contributed by atoms with Gasteiger partial charge < -0.3 is 4.48 Å². The maximum atomic E-state index is 2.36. The molecule has 0 N–H and O–H groups in total. The van der Waals surface area contributed by atoms with E-state index in [-0.39, 0.29) is 0 Å². The Labute approximate surface area is 259 Å². The minimum absolute atomic E-state index is 1.08. The lowest BCUT2D eigenvalue weighted by Gasteiger charge is -2.39. The third-order valence-electron chi connectivity index (χ3n) is 8.74. The van der Waals surface area contributed by atoms with Crippen molar-refractivity contribution in [2.75, 3.05) is 6.54 Å². The molecule has 1 nitrogen and oxygen atoms in total. The fourth-order valence-corrected chi connectivity index (χ4v) is 6.43. The molecule has 0 saturated carbocycles. The summed E-state index contributed by atoms with van der Waals surface area (Å²) in [6, 6.07) is 33.5. The highest BCUT2D eigenvalue weighted by molar-refractivity contribution is 5.17. The van der Waals surface area contributed by atoms with Crippen LogP contribution in [-0.4, -0.2) is 11.0 Å². The van der Waals surface area contributed by atoms with E-state index in [9.17, 15) is 0 Å². The van der Waals surface area contributed by atoms with Gasteiger partial charge in [0.05, 0.1) is 6.54 Å². The van der Waals surface area contributed by atoms with E-state index in [1.54, 1.807) is 0 Å². The van der Waals surface area contributed by atoms with E-state index < -0.39 is 0 Å². The maximum Gasteiger partial charge on any atom is 0.105 e. The minimum atomic E-state index is 1.08. The summed E-state index contributed by atoms with van der Waals surface area (Å²) in [5.41, 5.74) is 4.34. The first-order chi connectivity index (χ1) is 20.8. The molecular formula is C41H60N+. The number of unbranched alkanes of at least 4 members (excludes halogenated alkanes) is 14. The zero-order chi connectivity index (χ0) is 29.4. The van der Waals surface area contributed by atoms with Crippen LogP contribution in [0.15, 0.2) is 103 Å². The molecule has 0 fully saturated rings. The lowest BCUT2D eigenvalue weighted by molar-refractivity contribution is -0.966. The minimum Gasteiger partial charge on any atom is -0.312 e. The third-order valence-corrected chi connectivity index (χ3v) is 8.74. The first kappa shape index (κ1) is 33.9. The number of benzene rings is 3. The van der Waals surface area contributed by atoms with Crippen LogP contribution in [0.3, 0.4) is 0 Å². The lowest BCUT2D eigenvalue weighted by Crippen LogP contribution is -2.46. The second-order valence-electron chi connectivity index (χ2n) is 12.6. The third kappa shape index (κ3) is 15.0. The van der Waals surface area contributed by atoms with E-state index in [0.717, 1.165) is 24.1 Å². The van der Waals surface area contributed by atoms with Crippen LogP contribution in [0, 0.1) is 0 Å². The SMILES string of the molecule is CC/C=C/CCCCCCCCCCCCCCCC[N+](Cc1ccccc1)(Cc1ccccc1)Cc1ccccc1. The van der Waals surface area contributed by atoms with E-state index in [1.807, 2.05) is 0 Å². The van der Waals surface area contributed by atoms with Crippen molar-refractivity contribution in [1.29, 1.82) is 0 Å². The summed E-state index contributed by atoms with van der Waals surface area (Å²) in [6.45, 7) is 6.70. The molecule has 0 bridgehead atoms. The van der Waals surface area contributed by atoms with Gasteiger partial charge in [-0.1, -0.05) is 181 Å². The highest BCUT2D eigenvalue weighted by Gasteiger charge is 2.28. The van der Waals surface area contributed by atoms with Crippen molar-refractivity contribution in [3.63, 3.8) is 0 Å². The van der Waals surface area contributed by atoms with Gasteiger partial charge in [-0.25, -0.2) is 0 Å². The molecule has 42 heavy (non-hydrogen) atoms. The normalized spacial score (nSPS) is 11.8. The van der Waals surface area contributed by atoms with Gasteiger partial charge >= 0.3 is 0 Å². The van der Waals surface area contributed by atoms with Gasteiger partial charge in [-0.2, -0.15) is 0 Å². The molecule has 0 saturated heterocycles. The molecule has 0 spiro atoms. The van der Waals surface area contributed by atoms with Gasteiger partial charge in [0, 0.05) is 16.7 Å². The van der Waals surface area contributed by atoms with Crippen molar-refractivity contribution in [3.8, 4) is 0 Å². The van der Waals surface area contributed by atoms with Crippen LogP contribution in [0.5, 0.6) is 0 Å². The summed E-state index contributed by atoms with van der Waals surface area (Å²) in [5, 5.41) is 0. The molecule has 3 rings (SSSR count). The van der Waals surface area contributed by atoms with Crippen molar-refractivity contribution in [1.82, 2.24) is 0 Å². The van der Waals surface area contributed by atoms with Gasteiger partial charge in [0.1, 0.15) is 19.6 Å². The number of hydrogen-bond donors (Lipinski definition) is 0. The van der Waals surface area contributed by atoms with Crippen molar-refractivity contribution in [2.24, 2.45) is 0 Å². The molecule has 1 heteroatoms. The van der Waals surface area contributed by atoms with Gasteiger partial charge in [-0.3, -0.25) is 0 Å². The van der Waals surface area contributed by atoms with Gasteiger partial charge in [-0.15, -0.1) is 0 Å². The van der Waals surface area contributed by atoms with Crippen molar-refractivity contribution >= 4 is 0 Å². The lowest BCUT2D eigenvalue weighted by atomic mass is 10.0. The molecule has 0 aliphatic heterocycles. The van der Waals surface area contributed by atoms with Crippen LogP contribution in [0.1, 0.15) is 126 Å². The van der Waals surface area contributed by atoms with E-state index in [1.165, 1.54) is 126 Å². The number of nitrogens with zero attached hydrogens (tertiary/aromatic N) is 1. The van der Waals surface area contributed by atoms with Crippen LogP contribution in [-0.2, 0) is 19.6 Å². The van der Waals surface area contributed by atoms with Gasteiger partial charge in [0.15, 0.2) is 0 Å². The Morgan fingerprint density at radius 1 is 0.405 bits per heavy atom. The molecule has 0 aliphatic rings. The predicted molar refractivity (Wildman–Crippen MR) is 184 cm³/mol. The smallest absolute Gasteiger partial charge is 0.105 e. The van der Waals surface area contributed by atoms with E-state index in [0.29, 0.717) is 0 Å².